The number of hydrogen-bond donors (Lipinski definition) is 0. The maximum Gasteiger partial charge on any atom is 0.329 e. The van der Waals surface area contributed by atoms with Gasteiger partial charge in [0.2, 0.25) is 30.3 Å². The lowest BCUT2D eigenvalue weighted by Gasteiger charge is -2.47. The van der Waals surface area contributed by atoms with Crippen LogP contribution in [0.1, 0.15) is 41.5 Å². The van der Waals surface area contributed by atoms with Gasteiger partial charge in [0.1, 0.15) is 0 Å². The molecule has 0 aromatic rings. The molecule has 0 aliphatic carbocycles. The van der Waals surface area contributed by atoms with Crippen LogP contribution in [-0.4, -0.2) is 75.7 Å². The quantitative estimate of drug-likeness (QED) is 0.250. The third-order valence-electron chi connectivity index (χ3n) is 4.51. The number of rotatable bonds is 16. The van der Waals surface area contributed by atoms with Gasteiger partial charge in [-0.1, -0.05) is 5.92 Å². The van der Waals surface area contributed by atoms with Crippen LogP contribution in [0.25, 0.3) is 0 Å². The molecule has 1 aliphatic rings. The SMILES string of the molecule is C#CC1(C(OCC)OCC)OC=C(C(=O)C(OCC)OCC)C(C#C)(C(OCC)OCC)O1. The maximum absolute atomic E-state index is 13.5. The Morgan fingerprint density at radius 2 is 1.27 bits per heavy atom. The minimum Gasteiger partial charge on any atom is -0.454 e. The summed E-state index contributed by atoms with van der Waals surface area (Å²) in [6.07, 6.45) is 9.33. The first-order valence-corrected chi connectivity index (χ1v) is 11.2. The van der Waals surface area contributed by atoms with Crippen molar-refractivity contribution in [2.24, 2.45) is 0 Å². The van der Waals surface area contributed by atoms with Crippen molar-refractivity contribution < 1.29 is 42.7 Å². The van der Waals surface area contributed by atoms with Crippen molar-refractivity contribution >= 4 is 5.78 Å². The van der Waals surface area contributed by atoms with E-state index in [1.807, 2.05) is 0 Å². The fraction of sp³-hybridized carbons (Fsp3) is 0.708. The molecule has 0 aromatic carbocycles. The molecule has 1 rings (SSSR count). The van der Waals surface area contributed by atoms with Gasteiger partial charge in [-0.3, -0.25) is 9.53 Å². The molecule has 9 nitrogen and oxygen atoms in total. The van der Waals surface area contributed by atoms with Crippen LogP contribution >= 0.6 is 0 Å². The van der Waals surface area contributed by atoms with E-state index in [9.17, 15) is 4.79 Å². The Labute approximate surface area is 197 Å². The molecular formula is C24H36O9. The molecule has 186 valence electrons. The second-order valence-corrected chi connectivity index (χ2v) is 6.54. The number of hydrogen-bond acceptors (Lipinski definition) is 9. The Morgan fingerprint density at radius 3 is 1.67 bits per heavy atom. The second kappa shape index (κ2) is 14.3. The lowest BCUT2D eigenvalue weighted by atomic mass is 9.88. The first-order chi connectivity index (χ1) is 15.9. The lowest BCUT2D eigenvalue weighted by molar-refractivity contribution is -0.360. The molecule has 9 heteroatoms. The molecule has 2 atom stereocenters. The number of carbonyl (C=O) groups is 1. The highest BCUT2D eigenvalue weighted by Crippen LogP contribution is 2.41. The molecule has 0 radical (unpaired) electrons. The monoisotopic (exact) mass is 468 g/mol. The molecule has 2 unspecified atom stereocenters. The van der Waals surface area contributed by atoms with Crippen LogP contribution in [0.5, 0.6) is 0 Å². The molecule has 0 spiro atoms. The van der Waals surface area contributed by atoms with E-state index < -0.39 is 36.0 Å². The third kappa shape index (κ3) is 6.56. The number of ether oxygens (including phenoxy) is 8. The highest BCUT2D eigenvalue weighted by molar-refractivity contribution is 6.00. The summed E-state index contributed by atoms with van der Waals surface area (Å²) in [5.74, 6) is 2.42. The van der Waals surface area contributed by atoms with Crippen LogP contribution in [0.4, 0.5) is 0 Å². The van der Waals surface area contributed by atoms with Gasteiger partial charge in [-0.25, -0.2) is 0 Å². The topological polar surface area (TPSA) is 90.9 Å². The normalized spacial score (nSPS) is 22.7. The van der Waals surface area contributed by atoms with Crippen molar-refractivity contribution in [3.05, 3.63) is 11.8 Å². The van der Waals surface area contributed by atoms with Crippen molar-refractivity contribution in [1.82, 2.24) is 0 Å². The number of carbonyl (C=O) groups excluding carboxylic acids is 1. The number of terminal acetylenes is 2. The molecule has 0 N–H and O–H groups in total. The fourth-order valence-corrected chi connectivity index (χ4v) is 3.16. The van der Waals surface area contributed by atoms with Crippen LogP contribution in [-0.2, 0) is 42.7 Å². The predicted octanol–water partition coefficient (Wildman–Crippen LogP) is 2.38. The smallest absolute Gasteiger partial charge is 0.329 e. The summed E-state index contributed by atoms with van der Waals surface area (Å²) in [5.41, 5.74) is -2.03. The minimum absolute atomic E-state index is 0.110. The van der Waals surface area contributed by atoms with E-state index in [4.69, 9.17) is 50.7 Å². The summed E-state index contributed by atoms with van der Waals surface area (Å²) in [6.45, 7) is 11.9. The first kappa shape index (κ1) is 29.1. The zero-order chi connectivity index (χ0) is 24.9. The average molecular weight is 469 g/mol. The van der Waals surface area contributed by atoms with Gasteiger partial charge in [0.25, 0.3) is 0 Å². The minimum atomic E-state index is -1.93. The van der Waals surface area contributed by atoms with Gasteiger partial charge >= 0.3 is 5.79 Å². The average Bonchev–Trinajstić information content (AvgIpc) is 2.82. The highest BCUT2D eigenvalue weighted by Gasteiger charge is 2.60. The fourth-order valence-electron chi connectivity index (χ4n) is 3.16. The van der Waals surface area contributed by atoms with Crippen LogP contribution < -0.4 is 0 Å². The molecular weight excluding hydrogens is 432 g/mol. The van der Waals surface area contributed by atoms with E-state index >= 15 is 0 Å². The van der Waals surface area contributed by atoms with Crippen molar-refractivity contribution in [1.29, 1.82) is 0 Å². The summed E-state index contributed by atoms with van der Waals surface area (Å²) in [4.78, 5) is 13.5. The third-order valence-corrected chi connectivity index (χ3v) is 4.51. The van der Waals surface area contributed by atoms with Gasteiger partial charge in [-0.2, -0.15) is 0 Å². The molecule has 33 heavy (non-hydrogen) atoms. The maximum atomic E-state index is 13.5. The first-order valence-electron chi connectivity index (χ1n) is 11.2. The van der Waals surface area contributed by atoms with Gasteiger partial charge in [0.15, 0.2) is 0 Å². The van der Waals surface area contributed by atoms with E-state index in [0.717, 1.165) is 6.26 Å². The summed E-state index contributed by atoms with van der Waals surface area (Å²) in [6, 6.07) is 0. The Hall–Kier alpha value is -1.95. The van der Waals surface area contributed by atoms with E-state index in [0.29, 0.717) is 0 Å². The van der Waals surface area contributed by atoms with Crippen molar-refractivity contribution in [2.45, 2.75) is 71.8 Å². The van der Waals surface area contributed by atoms with Gasteiger partial charge < -0.3 is 33.2 Å². The highest BCUT2D eigenvalue weighted by atomic mass is 16.8. The lowest BCUT2D eigenvalue weighted by Crippen LogP contribution is -2.63. The van der Waals surface area contributed by atoms with Gasteiger partial charge in [-0.05, 0) is 47.5 Å². The van der Waals surface area contributed by atoms with E-state index in [2.05, 4.69) is 11.8 Å². The van der Waals surface area contributed by atoms with Gasteiger partial charge in [-0.15, -0.1) is 12.8 Å². The zero-order valence-corrected chi connectivity index (χ0v) is 20.4. The molecule has 0 saturated carbocycles. The molecule has 1 heterocycles. The van der Waals surface area contributed by atoms with Crippen LogP contribution in [0.15, 0.2) is 11.8 Å². The Kier molecular flexibility index (Phi) is 12.6. The molecule has 0 aromatic heterocycles. The molecule has 1 aliphatic heterocycles. The van der Waals surface area contributed by atoms with Crippen molar-refractivity contribution in [3.63, 3.8) is 0 Å². The molecule has 0 amide bonds. The van der Waals surface area contributed by atoms with Gasteiger partial charge in [0, 0.05) is 39.6 Å². The zero-order valence-electron chi connectivity index (χ0n) is 20.4. The van der Waals surface area contributed by atoms with Gasteiger partial charge in [0.05, 0.1) is 11.8 Å². The Balaban J connectivity index is 3.71. The second-order valence-electron chi connectivity index (χ2n) is 6.54. The summed E-state index contributed by atoms with van der Waals surface area (Å²) in [5, 5.41) is 0. The number of ketones is 1. The van der Waals surface area contributed by atoms with Crippen LogP contribution in [0.3, 0.4) is 0 Å². The molecule has 0 saturated heterocycles. The predicted molar refractivity (Wildman–Crippen MR) is 120 cm³/mol. The van der Waals surface area contributed by atoms with Crippen LogP contribution in [0.2, 0.25) is 0 Å². The standard InChI is InChI=1S/C24H36O9/c1-9-23(21(28-13-5)29-14-6)18(19(25)20(26-11-3)27-12-4)17-32-24(10-2,33-23)22(30-15-7)31-16-8/h1-2,17,20-22H,11-16H2,3-8H3. The van der Waals surface area contributed by atoms with E-state index in [1.54, 1.807) is 41.5 Å². The Bertz CT molecular complexity index is 704. The Morgan fingerprint density at radius 1 is 0.818 bits per heavy atom. The van der Waals surface area contributed by atoms with E-state index in [-0.39, 0.29) is 45.2 Å². The number of Topliss-reactive ketones (excluding diaryl/α,β-unsaturated/α-hetero) is 1. The summed E-state index contributed by atoms with van der Waals surface area (Å²) in [7, 11) is 0. The molecule has 0 bridgehead atoms. The largest absolute Gasteiger partial charge is 0.454 e. The molecule has 0 fully saturated rings. The van der Waals surface area contributed by atoms with Crippen molar-refractivity contribution in [3.8, 4) is 24.7 Å². The van der Waals surface area contributed by atoms with E-state index in [1.165, 1.54) is 0 Å². The summed E-state index contributed by atoms with van der Waals surface area (Å²) < 4.78 is 45.8. The van der Waals surface area contributed by atoms with Crippen molar-refractivity contribution in [2.75, 3.05) is 39.6 Å². The van der Waals surface area contributed by atoms with Crippen LogP contribution in [0, 0.1) is 24.7 Å². The summed E-state index contributed by atoms with van der Waals surface area (Å²) >= 11 is 0.